The number of rotatable bonds is 8. The molecule has 138 valence electrons. The van der Waals surface area contributed by atoms with Crippen molar-refractivity contribution >= 4 is 34.9 Å². The van der Waals surface area contributed by atoms with E-state index < -0.39 is 0 Å². The van der Waals surface area contributed by atoms with Gasteiger partial charge in [-0.05, 0) is 43.9 Å². The van der Waals surface area contributed by atoms with E-state index in [2.05, 4.69) is 10.3 Å². The Balaban J connectivity index is 1.57. The molecule has 1 aliphatic carbocycles. The highest BCUT2D eigenvalue weighted by Crippen LogP contribution is 2.35. The van der Waals surface area contributed by atoms with Gasteiger partial charge in [-0.2, -0.15) is 0 Å². The molecule has 0 radical (unpaired) electrons. The van der Waals surface area contributed by atoms with Crippen LogP contribution in [0.4, 0.5) is 0 Å². The van der Waals surface area contributed by atoms with Gasteiger partial charge in [0.05, 0.1) is 16.5 Å². The molecule has 0 spiro atoms. The Bertz CT molecular complexity index is 802. The highest BCUT2D eigenvalue weighted by Gasteiger charge is 2.22. The summed E-state index contributed by atoms with van der Waals surface area (Å²) in [4.78, 5) is 16.2. The van der Waals surface area contributed by atoms with Crippen LogP contribution in [-0.4, -0.2) is 23.5 Å². The van der Waals surface area contributed by atoms with Gasteiger partial charge < -0.3 is 14.8 Å². The van der Waals surface area contributed by atoms with E-state index in [4.69, 9.17) is 21.1 Å². The summed E-state index contributed by atoms with van der Waals surface area (Å²) >= 11 is 7.69. The van der Waals surface area contributed by atoms with Crippen molar-refractivity contribution in [3.05, 3.63) is 40.4 Å². The second kappa shape index (κ2) is 8.56. The molecule has 0 aliphatic heterocycles. The monoisotopic (exact) mass is 392 g/mol. The summed E-state index contributed by atoms with van der Waals surface area (Å²) in [5.41, 5.74) is 0. The first kappa shape index (κ1) is 18.7. The number of ether oxygens (including phenoxy) is 2. The largest absolute Gasteiger partial charge is 0.493 e. The molecule has 1 heterocycles. The predicted molar refractivity (Wildman–Crippen MR) is 104 cm³/mol. The second-order valence-corrected chi connectivity index (χ2v) is 7.76. The van der Waals surface area contributed by atoms with Crippen LogP contribution in [0, 0.1) is 5.92 Å². The van der Waals surface area contributed by atoms with Crippen molar-refractivity contribution in [3.8, 4) is 16.7 Å². The standard InChI is InChI=1S/C19H21ClN2O3S/c1-12(22-13(2)23)3-7-16-10-21-19(26-16)25-18-8-6-15(9-17(18)20)24-11-14-4-5-14/h3,6-10,12,14H,4-5,11H2,1-2H3,(H,22,23)/t12-/m0/s1. The molecule has 0 saturated heterocycles. The minimum absolute atomic E-state index is 0.0448. The van der Waals surface area contributed by atoms with Crippen molar-refractivity contribution in [2.45, 2.75) is 32.7 Å². The van der Waals surface area contributed by atoms with Crippen molar-refractivity contribution in [1.82, 2.24) is 10.3 Å². The van der Waals surface area contributed by atoms with E-state index in [1.807, 2.05) is 25.1 Å². The molecule has 1 saturated carbocycles. The van der Waals surface area contributed by atoms with Crippen molar-refractivity contribution in [3.63, 3.8) is 0 Å². The van der Waals surface area contributed by atoms with E-state index >= 15 is 0 Å². The number of hydrogen-bond acceptors (Lipinski definition) is 5. The SMILES string of the molecule is CC(=O)N[C@@H](C)C=Cc1cnc(Oc2ccc(OCC3CC3)cc2Cl)s1. The fraction of sp³-hybridized carbons (Fsp3) is 0.368. The third-order valence-electron chi connectivity index (χ3n) is 3.77. The molecular formula is C19H21ClN2O3S. The molecule has 1 aromatic carbocycles. The minimum Gasteiger partial charge on any atom is -0.493 e. The summed E-state index contributed by atoms with van der Waals surface area (Å²) in [5.74, 6) is 1.93. The van der Waals surface area contributed by atoms with Gasteiger partial charge in [-0.15, -0.1) is 0 Å². The summed E-state index contributed by atoms with van der Waals surface area (Å²) in [6.45, 7) is 4.15. The van der Waals surface area contributed by atoms with Gasteiger partial charge >= 0.3 is 0 Å². The zero-order valence-corrected chi connectivity index (χ0v) is 16.3. The van der Waals surface area contributed by atoms with Crippen molar-refractivity contribution in [2.24, 2.45) is 5.92 Å². The van der Waals surface area contributed by atoms with Gasteiger partial charge in [-0.3, -0.25) is 4.79 Å². The van der Waals surface area contributed by atoms with Crippen molar-refractivity contribution in [2.75, 3.05) is 6.61 Å². The molecule has 2 aromatic rings. The Labute approximate surface area is 162 Å². The Kier molecular flexibility index (Phi) is 6.16. The van der Waals surface area contributed by atoms with Gasteiger partial charge in [-0.1, -0.05) is 29.0 Å². The topological polar surface area (TPSA) is 60.5 Å². The van der Waals surface area contributed by atoms with Crippen LogP contribution in [0.25, 0.3) is 6.08 Å². The lowest BCUT2D eigenvalue weighted by Crippen LogP contribution is -2.28. The van der Waals surface area contributed by atoms with Crippen LogP contribution in [0.1, 0.15) is 31.6 Å². The van der Waals surface area contributed by atoms with E-state index in [1.54, 1.807) is 18.3 Å². The molecular weight excluding hydrogens is 372 g/mol. The molecule has 7 heteroatoms. The summed E-state index contributed by atoms with van der Waals surface area (Å²) in [6, 6.07) is 5.37. The Morgan fingerprint density at radius 2 is 2.31 bits per heavy atom. The molecule has 1 atom stereocenters. The third-order valence-corrected chi connectivity index (χ3v) is 4.90. The van der Waals surface area contributed by atoms with Crippen molar-refractivity contribution < 1.29 is 14.3 Å². The van der Waals surface area contributed by atoms with Crippen LogP contribution in [0.5, 0.6) is 16.7 Å². The highest BCUT2D eigenvalue weighted by molar-refractivity contribution is 7.14. The number of benzene rings is 1. The van der Waals surface area contributed by atoms with E-state index in [-0.39, 0.29) is 11.9 Å². The molecule has 1 N–H and O–H groups in total. The zero-order valence-electron chi connectivity index (χ0n) is 14.7. The van der Waals surface area contributed by atoms with Crippen LogP contribution >= 0.6 is 22.9 Å². The van der Waals surface area contributed by atoms with Gasteiger partial charge in [0.25, 0.3) is 5.19 Å². The molecule has 1 aromatic heterocycles. The molecule has 26 heavy (non-hydrogen) atoms. The quantitative estimate of drug-likeness (QED) is 0.692. The first-order valence-electron chi connectivity index (χ1n) is 8.51. The predicted octanol–water partition coefficient (Wildman–Crippen LogP) is 4.92. The van der Waals surface area contributed by atoms with Crippen LogP contribution in [0.15, 0.2) is 30.5 Å². The fourth-order valence-corrected chi connectivity index (χ4v) is 3.15. The number of thiazole rings is 1. The number of carbonyl (C=O) groups is 1. The average Bonchev–Trinajstić information content (AvgIpc) is 3.31. The second-order valence-electron chi connectivity index (χ2n) is 6.33. The fourth-order valence-electron chi connectivity index (χ4n) is 2.25. The van der Waals surface area contributed by atoms with E-state index in [0.717, 1.165) is 17.2 Å². The van der Waals surface area contributed by atoms with Crippen LogP contribution < -0.4 is 14.8 Å². The zero-order chi connectivity index (χ0) is 18.5. The maximum atomic E-state index is 11.0. The molecule has 5 nitrogen and oxygen atoms in total. The smallest absolute Gasteiger partial charge is 0.279 e. The molecule has 3 rings (SSSR count). The van der Waals surface area contributed by atoms with Gasteiger partial charge in [0, 0.05) is 25.2 Å². The number of nitrogens with one attached hydrogen (secondary N) is 1. The number of nitrogens with zero attached hydrogens (tertiary/aromatic N) is 1. The molecule has 0 unspecified atom stereocenters. The van der Waals surface area contributed by atoms with Gasteiger partial charge in [0.2, 0.25) is 5.91 Å². The van der Waals surface area contributed by atoms with E-state index in [0.29, 0.717) is 21.9 Å². The lowest BCUT2D eigenvalue weighted by Gasteiger charge is -2.08. The lowest BCUT2D eigenvalue weighted by atomic mass is 10.3. The number of hydrogen-bond donors (Lipinski definition) is 1. The van der Waals surface area contributed by atoms with E-state index in [9.17, 15) is 4.79 Å². The van der Waals surface area contributed by atoms with Crippen LogP contribution in [0.2, 0.25) is 5.02 Å². The van der Waals surface area contributed by atoms with Crippen molar-refractivity contribution in [1.29, 1.82) is 0 Å². The molecule has 0 bridgehead atoms. The minimum atomic E-state index is -0.0605. The molecule has 1 aliphatic rings. The average molecular weight is 393 g/mol. The maximum absolute atomic E-state index is 11.0. The van der Waals surface area contributed by atoms with Crippen LogP contribution in [0.3, 0.4) is 0 Å². The number of halogens is 1. The van der Waals surface area contributed by atoms with Gasteiger partial charge in [0.1, 0.15) is 11.5 Å². The summed E-state index contributed by atoms with van der Waals surface area (Å²) in [5, 5.41) is 3.79. The molecule has 1 amide bonds. The van der Waals surface area contributed by atoms with Gasteiger partial charge in [0.15, 0.2) is 0 Å². The Morgan fingerprint density at radius 3 is 3.00 bits per heavy atom. The maximum Gasteiger partial charge on any atom is 0.279 e. The third kappa shape index (κ3) is 5.75. The van der Waals surface area contributed by atoms with E-state index in [1.165, 1.54) is 31.1 Å². The summed E-state index contributed by atoms with van der Waals surface area (Å²) in [7, 11) is 0. The number of carbonyl (C=O) groups excluding carboxylic acids is 1. The Morgan fingerprint density at radius 1 is 1.50 bits per heavy atom. The highest BCUT2D eigenvalue weighted by atomic mass is 35.5. The van der Waals surface area contributed by atoms with Gasteiger partial charge in [-0.25, -0.2) is 4.98 Å². The summed E-state index contributed by atoms with van der Waals surface area (Å²) in [6.07, 6.45) is 8.02. The lowest BCUT2D eigenvalue weighted by molar-refractivity contribution is -0.119. The first-order valence-corrected chi connectivity index (χ1v) is 9.70. The number of aromatic nitrogens is 1. The van der Waals surface area contributed by atoms with Crippen LogP contribution in [-0.2, 0) is 4.79 Å². The Hall–Kier alpha value is -2.05. The first-order chi connectivity index (χ1) is 12.5. The number of amides is 1. The molecule has 1 fully saturated rings. The summed E-state index contributed by atoms with van der Waals surface area (Å²) < 4.78 is 11.5. The normalized spacial score (nSPS) is 15.0.